The molecular weight excluding hydrogens is 224 g/mol. The first kappa shape index (κ1) is 15.9. The van der Waals surface area contributed by atoms with Gasteiger partial charge in [-0.15, -0.1) is 0 Å². The van der Waals surface area contributed by atoms with Gasteiger partial charge in [0.2, 0.25) is 0 Å². The van der Waals surface area contributed by atoms with Crippen molar-refractivity contribution in [2.45, 2.75) is 58.3 Å². The van der Waals surface area contributed by atoms with Crippen LogP contribution in [0.1, 0.15) is 58.3 Å². The molecule has 0 heterocycles. The van der Waals surface area contributed by atoms with E-state index in [1.165, 1.54) is 0 Å². The van der Waals surface area contributed by atoms with Gasteiger partial charge in [-0.3, -0.25) is 9.68 Å². The third kappa shape index (κ3) is 12.8. The Morgan fingerprint density at radius 1 is 1.00 bits per heavy atom. The van der Waals surface area contributed by atoms with Gasteiger partial charge in [0.05, 0.1) is 6.61 Å². The van der Waals surface area contributed by atoms with Crippen LogP contribution in [0, 0.1) is 0 Å². The molecule has 0 bridgehead atoms. The van der Waals surface area contributed by atoms with E-state index >= 15 is 0 Å². The first-order valence-electron chi connectivity index (χ1n) is 6.21. The summed E-state index contributed by atoms with van der Waals surface area (Å²) in [5, 5.41) is 8.41. The van der Waals surface area contributed by atoms with Crippen LogP contribution in [-0.4, -0.2) is 23.7 Å². The monoisotopic (exact) mass is 246 g/mol. The number of rotatable bonds is 11. The summed E-state index contributed by atoms with van der Waals surface area (Å²) >= 11 is 0. The highest BCUT2D eigenvalue weighted by Gasteiger charge is 2.04. The lowest BCUT2D eigenvalue weighted by molar-refractivity contribution is -0.272. The van der Waals surface area contributed by atoms with E-state index in [1.54, 1.807) is 0 Å². The van der Waals surface area contributed by atoms with Gasteiger partial charge in [0.15, 0.2) is 0 Å². The van der Waals surface area contributed by atoms with Crippen LogP contribution in [0.15, 0.2) is 0 Å². The van der Waals surface area contributed by atoms with Gasteiger partial charge < -0.3 is 5.11 Å². The Kier molecular flexibility index (Phi) is 10.7. The highest BCUT2D eigenvalue weighted by Crippen LogP contribution is 2.06. The normalized spacial score (nSPS) is 10.2. The maximum absolute atomic E-state index is 11.1. The molecular formula is C12H22O5. The number of unbranched alkanes of at least 4 members (excludes halogenated alkanes) is 4. The van der Waals surface area contributed by atoms with E-state index < -0.39 is 5.97 Å². The number of carboxylic acids is 1. The fourth-order valence-electron chi connectivity index (χ4n) is 1.25. The fraction of sp³-hybridized carbons (Fsp3) is 0.833. The third-order valence-electron chi connectivity index (χ3n) is 2.25. The number of carboxylic acid groups (broad SMARTS) is 1. The Morgan fingerprint density at radius 2 is 1.65 bits per heavy atom. The Labute approximate surface area is 102 Å². The number of carbonyl (C=O) groups is 2. The minimum absolute atomic E-state index is 0.199. The molecule has 0 aliphatic rings. The topological polar surface area (TPSA) is 72.8 Å². The number of hydrogen-bond donors (Lipinski definition) is 1. The van der Waals surface area contributed by atoms with Crippen LogP contribution in [0.3, 0.4) is 0 Å². The van der Waals surface area contributed by atoms with Gasteiger partial charge in [0.1, 0.15) is 0 Å². The van der Waals surface area contributed by atoms with Crippen molar-refractivity contribution in [3.63, 3.8) is 0 Å². The summed E-state index contributed by atoms with van der Waals surface area (Å²) in [5.41, 5.74) is 0. The van der Waals surface area contributed by atoms with Crippen LogP contribution in [0.4, 0.5) is 0 Å². The van der Waals surface area contributed by atoms with E-state index in [9.17, 15) is 9.59 Å². The molecule has 0 amide bonds. The molecule has 17 heavy (non-hydrogen) atoms. The second kappa shape index (κ2) is 11.4. The Bertz CT molecular complexity index is 215. The zero-order chi connectivity index (χ0) is 12.9. The van der Waals surface area contributed by atoms with Gasteiger partial charge in [-0.2, -0.15) is 4.89 Å². The maximum atomic E-state index is 11.1. The molecule has 100 valence electrons. The van der Waals surface area contributed by atoms with Crippen molar-refractivity contribution in [3.05, 3.63) is 0 Å². The van der Waals surface area contributed by atoms with Gasteiger partial charge in [-0.25, -0.2) is 4.79 Å². The van der Waals surface area contributed by atoms with Crippen LogP contribution in [-0.2, 0) is 19.4 Å². The third-order valence-corrected chi connectivity index (χ3v) is 2.25. The van der Waals surface area contributed by atoms with Crippen LogP contribution in [0.5, 0.6) is 0 Å². The minimum Gasteiger partial charge on any atom is -0.481 e. The summed E-state index contributed by atoms with van der Waals surface area (Å²) in [5.74, 6) is -1.12. The fourth-order valence-corrected chi connectivity index (χ4v) is 1.25. The molecule has 0 fully saturated rings. The lowest BCUT2D eigenvalue weighted by atomic mass is 10.1. The Hall–Kier alpha value is -1.10. The molecule has 0 aromatic rings. The van der Waals surface area contributed by atoms with Gasteiger partial charge >= 0.3 is 11.9 Å². The highest BCUT2D eigenvalue weighted by atomic mass is 17.2. The molecule has 0 atom stereocenters. The van der Waals surface area contributed by atoms with Gasteiger partial charge in [-0.1, -0.05) is 26.2 Å². The molecule has 0 aromatic carbocycles. The van der Waals surface area contributed by atoms with Crippen molar-refractivity contribution < 1.29 is 24.5 Å². The summed E-state index contributed by atoms with van der Waals surface area (Å²) in [6.07, 6.45) is 5.47. The molecule has 0 aromatic heterocycles. The largest absolute Gasteiger partial charge is 0.481 e. The van der Waals surface area contributed by atoms with Gasteiger partial charge in [0, 0.05) is 12.8 Å². The average Bonchev–Trinajstić information content (AvgIpc) is 2.29. The number of hydrogen-bond acceptors (Lipinski definition) is 4. The zero-order valence-electron chi connectivity index (χ0n) is 10.4. The molecule has 0 rings (SSSR count). The molecule has 0 saturated heterocycles. The van der Waals surface area contributed by atoms with Crippen molar-refractivity contribution in [2.24, 2.45) is 0 Å². The van der Waals surface area contributed by atoms with E-state index in [-0.39, 0.29) is 12.4 Å². The predicted octanol–water partition coefficient (Wildman–Crippen LogP) is 2.69. The first-order valence-corrected chi connectivity index (χ1v) is 6.21. The summed E-state index contributed by atoms with van der Waals surface area (Å²) in [7, 11) is 0. The molecule has 0 unspecified atom stereocenters. The first-order chi connectivity index (χ1) is 8.16. The van der Waals surface area contributed by atoms with E-state index in [0.29, 0.717) is 19.4 Å². The quantitative estimate of drug-likeness (QED) is 0.345. The lowest BCUT2D eigenvalue weighted by Crippen LogP contribution is -2.06. The summed E-state index contributed by atoms with van der Waals surface area (Å²) in [4.78, 5) is 30.6. The molecule has 5 heteroatoms. The minimum atomic E-state index is -0.770. The molecule has 5 nitrogen and oxygen atoms in total. The van der Waals surface area contributed by atoms with E-state index in [2.05, 4.69) is 4.89 Å². The van der Waals surface area contributed by atoms with Crippen molar-refractivity contribution >= 4 is 11.9 Å². The number of carbonyl (C=O) groups excluding carboxylic acids is 1. The van der Waals surface area contributed by atoms with Crippen LogP contribution in [0.25, 0.3) is 0 Å². The van der Waals surface area contributed by atoms with E-state index in [1.807, 2.05) is 6.92 Å². The average molecular weight is 246 g/mol. The van der Waals surface area contributed by atoms with Crippen molar-refractivity contribution in [2.75, 3.05) is 6.61 Å². The van der Waals surface area contributed by atoms with Crippen molar-refractivity contribution in [1.82, 2.24) is 0 Å². The lowest BCUT2D eigenvalue weighted by Gasteiger charge is -2.02. The molecule has 0 aliphatic carbocycles. The Morgan fingerprint density at radius 3 is 2.24 bits per heavy atom. The second-order valence-corrected chi connectivity index (χ2v) is 3.94. The molecule has 1 N–H and O–H groups in total. The van der Waals surface area contributed by atoms with Crippen LogP contribution >= 0.6 is 0 Å². The van der Waals surface area contributed by atoms with E-state index in [4.69, 9.17) is 9.99 Å². The molecule has 0 saturated carbocycles. The van der Waals surface area contributed by atoms with Crippen molar-refractivity contribution in [3.8, 4) is 0 Å². The van der Waals surface area contributed by atoms with Crippen molar-refractivity contribution in [1.29, 1.82) is 0 Å². The summed E-state index contributed by atoms with van der Waals surface area (Å²) in [6.45, 7) is 2.48. The van der Waals surface area contributed by atoms with Gasteiger partial charge in [-0.05, 0) is 19.3 Å². The van der Waals surface area contributed by atoms with Gasteiger partial charge in [0.25, 0.3) is 0 Å². The maximum Gasteiger partial charge on any atom is 0.342 e. The SMILES string of the molecule is CCCCOOC(=O)CCCCCCC(=O)O. The smallest absolute Gasteiger partial charge is 0.342 e. The van der Waals surface area contributed by atoms with E-state index in [0.717, 1.165) is 32.1 Å². The molecule has 0 spiro atoms. The molecule has 0 aliphatic heterocycles. The number of aliphatic carboxylic acids is 1. The summed E-state index contributed by atoms with van der Waals surface area (Å²) < 4.78 is 0. The second-order valence-electron chi connectivity index (χ2n) is 3.94. The predicted molar refractivity (Wildman–Crippen MR) is 62.3 cm³/mol. The Balaban J connectivity index is 3.19. The van der Waals surface area contributed by atoms with Crippen LogP contribution in [0.2, 0.25) is 0 Å². The highest BCUT2D eigenvalue weighted by molar-refractivity contribution is 5.68. The molecule has 0 radical (unpaired) electrons. The summed E-state index contributed by atoms with van der Waals surface area (Å²) in [6, 6.07) is 0. The standard InChI is InChI=1S/C12H22O5/c1-2-3-10-16-17-12(15)9-7-5-4-6-8-11(13)14/h2-10H2,1H3,(H,13,14). The van der Waals surface area contributed by atoms with Crippen LogP contribution < -0.4 is 0 Å². The zero-order valence-corrected chi connectivity index (χ0v) is 10.4.